The molecule has 1 saturated carbocycles. The normalized spacial score (nSPS) is 23.2. The Bertz CT molecular complexity index is 578. The zero-order valence-electron chi connectivity index (χ0n) is 14.2. The number of ether oxygens (including phenoxy) is 1. The summed E-state index contributed by atoms with van der Waals surface area (Å²) in [6.07, 6.45) is 8.49. The molecule has 2 rings (SSSR count). The third-order valence-electron chi connectivity index (χ3n) is 4.69. The summed E-state index contributed by atoms with van der Waals surface area (Å²) in [5, 5.41) is 9.21. The lowest BCUT2D eigenvalue weighted by atomic mass is 9.99. The van der Waals surface area contributed by atoms with Gasteiger partial charge in [-0.2, -0.15) is 0 Å². The maximum atomic E-state index is 11.2. The van der Waals surface area contributed by atoms with Crippen LogP contribution in [0.5, 0.6) is 0 Å². The second-order valence-electron chi connectivity index (χ2n) is 7.00. The average molecular weight is 318 g/mol. The highest BCUT2D eigenvalue weighted by atomic mass is 16.5. The van der Waals surface area contributed by atoms with Gasteiger partial charge in [-0.25, -0.2) is 0 Å². The van der Waals surface area contributed by atoms with E-state index >= 15 is 0 Å². The molecule has 0 spiro atoms. The molecule has 0 aliphatic heterocycles. The van der Waals surface area contributed by atoms with Gasteiger partial charge in [0.2, 0.25) is 0 Å². The molecule has 0 aromatic carbocycles. The van der Waals surface area contributed by atoms with Gasteiger partial charge in [-0.05, 0) is 24.5 Å². The predicted octanol–water partition coefficient (Wildman–Crippen LogP) is 3.54. The molecule has 1 fully saturated rings. The van der Waals surface area contributed by atoms with Crippen molar-refractivity contribution in [3.63, 3.8) is 0 Å². The van der Waals surface area contributed by atoms with Crippen LogP contribution in [0.4, 0.5) is 0 Å². The van der Waals surface area contributed by atoms with E-state index in [9.17, 15) is 9.90 Å². The van der Waals surface area contributed by atoms with Crippen molar-refractivity contribution in [2.45, 2.75) is 52.6 Å². The molecule has 1 aliphatic carbocycles. The summed E-state index contributed by atoms with van der Waals surface area (Å²) >= 11 is 0. The van der Waals surface area contributed by atoms with Crippen LogP contribution in [-0.4, -0.2) is 23.8 Å². The zero-order chi connectivity index (χ0) is 17.0. The van der Waals surface area contributed by atoms with Crippen LogP contribution in [0.15, 0.2) is 16.5 Å². The number of rotatable bonds is 9. The molecule has 0 amide bonds. The fourth-order valence-electron chi connectivity index (χ4n) is 3.25. The molecule has 0 radical (unpaired) electrons. The van der Waals surface area contributed by atoms with Gasteiger partial charge in [0.25, 0.3) is 0 Å². The van der Waals surface area contributed by atoms with Crippen LogP contribution in [0, 0.1) is 29.6 Å². The summed E-state index contributed by atoms with van der Waals surface area (Å²) in [6, 6.07) is 3.89. The Morgan fingerprint density at radius 2 is 2.17 bits per heavy atom. The van der Waals surface area contributed by atoms with Gasteiger partial charge in [0.05, 0.1) is 25.0 Å². The molecule has 1 aromatic heterocycles. The zero-order valence-corrected chi connectivity index (χ0v) is 14.2. The molecule has 1 heterocycles. The van der Waals surface area contributed by atoms with Crippen molar-refractivity contribution in [2.24, 2.45) is 17.3 Å². The smallest absolute Gasteiger partial charge is 0.309 e. The fourth-order valence-corrected chi connectivity index (χ4v) is 3.25. The van der Waals surface area contributed by atoms with Gasteiger partial charge in [0, 0.05) is 11.8 Å². The predicted molar refractivity (Wildman–Crippen MR) is 88.0 cm³/mol. The molecule has 1 aromatic rings. The molecule has 126 valence electrons. The molecule has 3 unspecified atom stereocenters. The molecule has 0 bridgehead atoms. The Hall–Kier alpha value is -1.73. The minimum Gasteiger partial charge on any atom is -0.481 e. The highest BCUT2D eigenvalue weighted by Crippen LogP contribution is 2.54. The number of furan rings is 1. The van der Waals surface area contributed by atoms with Crippen molar-refractivity contribution >= 4 is 5.97 Å². The van der Waals surface area contributed by atoms with E-state index in [0.717, 1.165) is 30.8 Å². The van der Waals surface area contributed by atoms with Crippen molar-refractivity contribution in [2.75, 3.05) is 6.61 Å². The lowest BCUT2D eigenvalue weighted by Crippen LogP contribution is -2.16. The standard InChI is InChI=1S/C19H26O4/c1-5-7-13(11-15-10-9-14(23-15)8-6-2)12-22-17-16(18(20)21)19(17,3)4/h2,9-10,13,16-17H,5,7-8,11-12H2,1,3-4H3,(H,20,21). The minimum absolute atomic E-state index is 0.187. The van der Waals surface area contributed by atoms with Crippen LogP contribution in [0.2, 0.25) is 0 Å². The van der Waals surface area contributed by atoms with Crippen molar-refractivity contribution < 1.29 is 19.1 Å². The van der Waals surface area contributed by atoms with Crippen molar-refractivity contribution in [1.82, 2.24) is 0 Å². The Morgan fingerprint density at radius 1 is 1.48 bits per heavy atom. The monoisotopic (exact) mass is 318 g/mol. The van der Waals surface area contributed by atoms with Crippen LogP contribution in [0.25, 0.3) is 0 Å². The number of carboxylic acids is 1. The van der Waals surface area contributed by atoms with E-state index in [4.69, 9.17) is 15.6 Å². The summed E-state index contributed by atoms with van der Waals surface area (Å²) in [7, 11) is 0. The van der Waals surface area contributed by atoms with Gasteiger partial charge in [-0.15, -0.1) is 6.42 Å². The highest BCUT2D eigenvalue weighted by molar-refractivity contribution is 5.76. The summed E-state index contributed by atoms with van der Waals surface area (Å²) in [5.74, 6) is 3.48. The van der Waals surface area contributed by atoms with Crippen LogP contribution >= 0.6 is 0 Å². The summed E-state index contributed by atoms with van der Waals surface area (Å²) in [5.41, 5.74) is -0.271. The Morgan fingerprint density at radius 3 is 2.74 bits per heavy atom. The quantitative estimate of drug-likeness (QED) is 0.708. The van der Waals surface area contributed by atoms with E-state index in [-0.39, 0.29) is 11.5 Å². The molecule has 3 atom stereocenters. The Labute approximate surface area is 138 Å². The first-order chi connectivity index (χ1) is 10.9. The Balaban J connectivity index is 1.89. The number of hydrogen-bond acceptors (Lipinski definition) is 3. The molecule has 4 heteroatoms. The molecular formula is C19H26O4. The van der Waals surface area contributed by atoms with Crippen molar-refractivity contribution in [3.8, 4) is 12.3 Å². The first-order valence-electron chi connectivity index (χ1n) is 8.25. The van der Waals surface area contributed by atoms with E-state index in [1.54, 1.807) is 0 Å². The third-order valence-corrected chi connectivity index (χ3v) is 4.69. The molecule has 4 nitrogen and oxygen atoms in total. The van der Waals surface area contributed by atoms with Crippen LogP contribution in [0.1, 0.15) is 45.1 Å². The summed E-state index contributed by atoms with van der Waals surface area (Å²) in [6.45, 7) is 6.60. The third kappa shape index (κ3) is 4.17. The van der Waals surface area contributed by atoms with E-state index in [1.807, 2.05) is 26.0 Å². The second-order valence-corrected chi connectivity index (χ2v) is 7.00. The minimum atomic E-state index is -0.767. The number of hydrogen-bond donors (Lipinski definition) is 1. The van der Waals surface area contributed by atoms with Crippen molar-refractivity contribution in [1.29, 1.82) is 0 Å². The number of carbonyl (C=O) groups is 1. The molecular weight excluding hydrogens is 292 g/mol. The fraction of sp³-hybridized carbons (Fsp3) is 0.632. The number of carboxylic acid groups (broad SMARTS) is 1. The van der Waals surface area contributed by atoms with Crippen molar-refractivity contribution in [3.05, 3.63) is 23.7 Å². The van der Waals surface area contributed by atoms with E-state index < -0.39 is 11.9 Å². The van der Waals surface area contributed by atoms with E-state index in [2.05, 4.69) is 12.8 Å². The summed E-state index contributed by atoms with van der Waals surface area (Å²) < 4.78 is 11.7. The average Bonchev–Trinajstić information content (AvgIpc) is 2.79. The van der Waals surface area contributed by atoms with Crippen LogP contribution in [0.3, 0.4) is 0 Å². The molecule has 23 heavy (non-hydrogen) atoms. The van der Waals surface area contributed by atoms with E-state index in [0.29, 0.717) is 18.9 Å². The van der Waals surface area contributed by atoms with Gasteiger partial charge >= 0.3 is 5.97 Å². The van der Waals surface area contributed by atoms with E-state index in [1.165, 1.54) is 0 Å². The van der Waals surface area contributed by atoms with Gasteiger partial charge in [0.15, 0.2) is 0 Å². The van der Waals surface area contributed by atoms with Gasteiger partial charge < -0.3 is 14.3 Å². The van der Waals surface area contributed by atoms with Crippen LogP contribution < -0.4 is 0 Å². The first kappa shape index (κ1) is 17.6. The second kappa shape index (κ2) is 7.23. The first-order valence-corrected chi connectivity index (χ1v) is 8.25. The lowest BCUT2D eigenvalue weighted by molar-refractivity contribution is -0.140. The Kier molecular flexibility index (Phi) is 5.54. The largest absolute Gasteiger partial charge is 0.481 e. The summed E-state index contributed by atoms with van der Waals surface area (Å²) in [4.78, 5) is 11.2. The van der Waals surface area contributed by atoms with Crippen LogP contribution in [-0.2, 0) is 22.4 Å². The highest BCUT2D eigenvalue weighted by Gasteiger charge is 2.63. The SMILES string of the molecule is C#CCc1ccc(CC(CCC)COC2C(C(=O)O)C2(C)C)o1. The molecule has 0 saturated heterocycles. The van der Waals surface area contributed by atoms with Gasteiger partial charge in [-0.1, -0.05) is 33.1 Å². The topological polar surface area (TPSA) is 59.7 Å². The van der Waals surface area contributed by atoms with Gasteiger partial charge in [-0.3, -0.25) is 4.79 Å². The number of terminal acetylenes is 1. The molecule has 1 N–H and O–H groups in total. The maximum absolute atomic E-state index is 11.2. The lowest BCUT2D eigenvalue weighted by Gasteiger charge is -2.16. The van der Waals surface area contributed by atoms with Gasteiger partial charge in [0.1, 0.15) is 11.5 Å². The maximum Gasteiger partial charge on any atom is 0.309 e. The molecule has 1 aliphatic rings. The number of aliphatic carboxylic acids is 1.